The number of ether oxygens (including phenoxy) is 1. The summed E-state index contributed by atoms with van der Waals surface area (Å²) in [5, 5.41) is 2.55. The molecule has 4 nitrogen and oxygen atoms in total. The second-order valence-corrected chi connectivity index (χ2v) is 2.70. The highest BCUT2D eigenvalue weighted by molar-refractivity contribution is 5.75. The van der Waals surface area contributed by atoms with Crippen molar-refractivity contribution in [2.75, 3.05) is 12.4 Å². The number of anilines is 1. The highest BCUT2D eigenvalue weighted by atomic mass is 16.5. The third-order valence-corrected chi connectivity index (χ3v) is 1.57. The van der Waals surface area contributed by atoms with E-state index in [2.05, 4.69) is 5.32 Å². The maximum Gasteiger partial charge on any atom is 0.211 e. The quantitative estimate of drug-likeness (QED) is 0.772. The van der Waals surface area contributed by atoms with Crippen LogP contribution in [0.15, 0.2) is 18.2 Å². The van der Waals surface area contributed by atoms with Crippen molar-refractivity contribution in [3.8, 4) is 5.75 Å². The van der Waals surface area contributed by atoms with Gasteiger partial charge in [0, 0.05) is 0 Å². The number of rotatable bonds is 3. The summed E-state index contributed by atoms with van der Waals surface area (Å²) in [6, 6.07) is 5.59. The summed E-state index contributed by atoms with van der Waals surface area (Å²) < 4.78 is 5.06. The molecule has 0 bridgehead atoms. The number of amides is 1. The molecule has 0 radical (unpaired) electrons. The number of hydrogen-bond acceptors (Lipinski definition) is 3. The van der Waals surface area contributed by atoms with Crippen LogP contribution >= 0.6 is 0 Å². The largest absolute Gasteiger partial charge is 0.495 e. The molecule has 1 aromatic rings. The zero-order valence-corrected chi connectivity index (χ0v) is 9.11. The summed E-state index contributed by atoms with van der Waals surface area (Å²) in [7, 11) is 1.57. The molecule has 0 spiro atoms. The van der Waals surface area contributed by atoms with E-state index in [4.69, 9.17) is 9.53 Å². The number of methoxy groups -OCH3 is 1. The fourth-order valence-electron chi connectivity index (χ4n) is 0.981. The molecule has 0 aliphatic heterocycles. The van der Waals surface area contributed by atoms with Crippen LogP contribution in [0.3, 0.4) is 0 Å². The van der Waals surface area contributed by atoms with Crippen molar-refractivity contribution < 1.29 is 14.3 Å². The second-order valence-electron chi connectivity index (χ2n) is 2.70. The molecule has 1 rings (SSSR count). The fourth-order valence-corrected chi connectivity index (χ4v) is 0.981. The number of nitrogens with one attached hydrogen (secondary N) is 1. The number of carbonyl (C=O) groups excluding carboxylic acids is 2. The van der Waals surface area contributed by atoms with E-state index in [1.54, 1.807) is 7.11 Å². The van der Waals surface area contributed by atoms with E-state index in [0.29, 0.717) is 17.8 Å². The summed E-state index contributed by atoms with van der Waals surface area (Å²) in [5.74, 6) is 0.683. The van der Waals surface area contributed by atoms with E-state index in [0.717, 1.165) is 11.8 Å². The summed E-state index contributed by atoms with van der Waals surface area (Å²) in [6.45, 7) is 3.41. The highest BCUT2D eigenvalue weighted by Gasteiger charge is 2.00. The van der Waals surface area contributed by atoms with Crippen LogP contribution in [0.25, 0.3) is 0 Å². The van der Waals surface area contributed by atoms with Gasteiger partial charge in [-0.3, -0.25) is 4.79 Å². The third-order valence-electron chi connectivity index (χ3n) is 1.57. The van der Waals surface area contributed by atoms with Gasteiger partial charge in [-0.25, -0.2) is 0 Å². The van der Waals surface area contributed by atoms with Gasteiger partial charge in [0.2, 0.25) is 6.41 Å². The molecule has 0 saturated heterocycles. The van der Waals surface area contributed by atoms with Crippen LogP contribution in [-0.4, -0.2) is 19.8 Å². The minimum atomic E-state index is 0.632. The number of carbonyl (C=O) groups is 2. The molecule has 0 unspecified atom stereocenters. The lowest BCUT2D eigenvalue weighted by Gasteiger charge is -2.06. The molecule has 15 heavy (non-hydrogen) atoms. The van der Waals surface area contributed by atoms with Gasteiger partial charge in [0.1, 0.15) is 12.0 Å². The molecule has 0 fully saturated rings. The maximum absolute atomic E-state index is 10.2. The molecule has 0 heterocycles. The van der Waals surface area contributed by atoms with Crippen molar-refractivity contribution >= 4 is 18.4 Å². The van der Waals surface area contributed by atoms with E-state index < -0.39 is 0 Å². The first-order valence-corrected chi connectivity index (χ1v) is 4.44. The molecule has 82 valence electrons. The van der Waals surface area contributed by atoms with Crippen LogP contribution in [0.4, 0.5) is 5.69 Å². The lowest BCUT2D eigenvalue weighted by atomic mass is 10.2. The summed E-state index contributed by atoms with van der Waals surface area (Å²) >= 11 is 0. The van der Waals surface area contributed by atoms with Crippen molar-refractivity contribution in [2.24, 2.45) is 0 Å². The molecule has 0 saturated carbocycles. The summed E-state index contributed by atoms with van der Waals surface area (Å²) in [5.41, 5.74) is 1.79. The minimum absolute atomic E-state index is 0.632. The van der Waals surface area contributed by atoms with Crippen molar-refractivity contribution in [3.63, 3.8) is 0 Å². The zero-order valence-electron chi connectivity index (χ0n) is 9.11. The first kappa shape index (κ1) is 13.2. The second kappa shape index (κ2) is 7.55. The fraction of sp³-hybridized carbons (Fsp3) is 0.273. The van der Waals surface area contributed by atoms with Crippen molar-refractivity contribution in [3.05, 3.63) is 23.8 Å². The average Bonchev–Trinajstić information content (AvgIpc) is 2.22. The molecule has 0 aromatic heterocycles. The number of aryl methyl sites for hydroxylation is 1. The SMILES string of the molecule is CC=O.COc1cc(C)ccc1NC=O. The van der Waals surface area contributed by atoms with E-state index in [9.17, 15) is 4.79 Å². The lowest BCUT2D eigenvalue weighted by Crippen LogP contribution is -1.97. The predicted octanol–water partition coefficient (Wildman–Crippen LogP) is 1.78. The Morgan fingerprint density at radius 3 is 2.40 bits per heavy atom. The Labute approximate surface area is 89.2 Å². The zero-order chi connectivity index (χ0) is 11.7. The van der Waals surface area contributed by atoms with E-state index in [-0.39, 0.29) is 0 Å². The average molecular weight is 209 g/mol. The predicted molar refractivity (Wildman–Crippen MR) is 59.2 cm³/mol. The molecule has 1 amide bonds. The van der Waals surface area contributed by atoms with Crippen LogP contribution in [0.2, 0.25) is 0 Å². The van der Waals surface area contributed by atoms with E-state index >= 15 is 0 Å². The Balaban J connectivity index is 0.000000583. The lowest BCUT2D eigenvalue weighted by molar-refractivity contribution is -0.106. The van der Waals surface area contributed by atoms with Gasteiger partial charge in [0.05, 0.1) is 12.8 Å². The van der Waals surface area contributed by atoms with Gasteiger partial charge in [-0.1, -0.05) is 6.07 Å². The third kappa shape index (κ3) is 4.81. The van der Waals surface area contributed by atoms with Gasteiger partial charge in [-0.15, -0.1) is 0 Å². The Kier molecular flexibility index (Phi) is 6.63. The molecule has 1 N–H and O–H groups in total. The van der Waals surface area contributed by atoms with Gasteiger partial charge in [0.25, 0.3) is 0 Å². The molecule has 0 aliphatic rings. The molecular formula is C11H15NO3. The van der Waals surface area contributed by atoms with Crippen LogP contribution in [-0.2, 0) is 9.59 Å². The Morgan fingerprint density at radius 2 is 1.93 bits per heavy atom. The van der Waals surface area contributed by atoms with E-state index in [1.165, 1.54) is 6.92 Å². The monoisotopic (exact) mass is 209 g/mol. The first-order valence-electron chi connectivity index (χ1n) is 4.44. The normalized spacial score (nSPS) is 8.20. The van der Waals surface area contributed by atoms with Gasteiger partial charge in [0.15, 0.2) is 0 Å². The molecule has 0 atom stereocenters. The Bertz CT molecular complexity index is 324. The van der Waals surface area contributed by atoms with Gasteiger partial charge in [-0.05, 0) is 31.5 Å². The molecular weight excluding hydrogens is 194 g/mol. The Morgan fingerprint density at radius 1 is 1.33 bits per heavy atom. The topological polar surface area (TPSA) is 55.4 Å². The standard InChI is InChI=1S/C9H11NO2.C2H4O/c1-7-3-4-8(10-6-11)9(5-7)12-2;1-2-3/h3-6H,1-2H3,(H,10,11);2H,1H3. The number of benzene rings is 1. The smallest absolute Gasteiger partial charge is 0.211 e. The van der Waals surface area contributed by atoms with Gasteiger partial charge < -0.3 is 14.8 Å². The highest BCUT2D eigenvalue weighted by Crippen LogP contribution is 2.24. The summed E-state index contributed by atoms with van der Waals surface area (Å²) in [4.78, 5) is 19.0. The Hall–Kier alpha value is -1.84. The molecule has 0 aliphatic carbocycles. The summed E-state index contributed by atoms with van der Waals surface area (Å²) in [6.07, 6.45) is 1.38. The first-order chi connectivity index (χ1) is 7.19. The van der Waals surface area contributed by atoms with E-state index in [1.807, 2.05) is 25.1 Å². The minimum Gasteiger partial charge on any atom is -0.495 e. The van der Waals surface area contributed by atoms with Crippen LogP contribution < -0.4 is 10.1 Å². The number of aldehydes is 1. The molecule has 1 aromatic carbocycles. The maximum atomic E-state index is 10.2. The van der Waals surface area contributed by atoms with Crippen molar-refractivity contribution in [2.45, 2.75) is 13.8 Å². The van der Waals surface area contributed by atoms with Gasteiger partial charge >= 0.3 is 0 Å². The number of hydrogen-bond donors (Lipinski definition) is 1. The van der Waals surface area contributed by atoms with Crippen LogP contribution in [0.5, 0.6) is 5.75 Å². The van der Waals surface area contributed by atoms with Crippen LogP contribution in [0, 0.1) is 6.92 Å². The van der Waals surface area contributed by atoms with Crippen LogP contribution in [0.1, 0.15) is 12.5 Å². The van der Waals surface area contributed by atoms with Gasteiger partial charge in [-0.2, -0.15) is 0 Å². The van der Waals surface area contributed by atoms with Crippen molar-refractivity contribution in [1.82, 2.24) is 0 Å². The molecule has 4 heteroatoms. The van der Waals surface area contributed by atoms with Crippen molar-refractivity contribution in [1.29, 1.82) is 0 Å².